The van der Waals surface area contributed by atoms with Crippen molar-refractivity contribution >= 4 is 17.7 Å². The molecule has 3 aromatic rings. The van der Waals surface area contributed by atoms with Crippen LogP contribution in [-0.2, 0) is 10.5 Å². The van der Waals surface area contributed by atoms with Gasteiger partial charge in [-0.2, -0.15) is 5.10 Å². The van der Waals surface area contributed by atoms with E-state index in [1.165, 1.54) is 6.26 Å². The molecule has 142 valence electrons. The molecule has 1 amide bonds. The highest BCUT2D eigenvalue weighted by Crippen LogP contribution is 2.32. The average molecular weight is 379 g/mol. The number of benzene rings is 1. The normalized spacial score (nSPS) is 18.6. The highest BCUT2D eigenvalue weighted by Gasteiger charge is 2.39. The molecular weight excluding hydrogens is 362 g/mol. The summed E-state index contributed by atoms with van der Waals surface area (Å²) in [5, 5.41) is 7.33. The number of nitrogens with two attached hydrogens (primary N) is 1. The van der Waals surface area contributed by atoms with Gasteiger partial charge in [0.2, 0.25) is 5.72 Å². The minimum Gasteiger partial charge on any atom is -0.497 e. The van der Waals surface area contributed by atoms with Crippen LogP contribution in [0.15, 0.2) is 76.6 Å². The third-order valence-electron chi connectivity index (χ3n) is 4.14. The van der Waals surface area contributed by atoms with Crippen LogP contribution >= 0.6 is 0 Å². The van der Waals surface area contributed by atoms with Crippen LogP contribution in [0.25, 0.3) is 5.82 Å². The van der Waals surface area contributed by atoms with Gasteiger partial charge >= 0.3 is 6.09 Å². The summed E-state index contributed by atoms with van der Waals surface area (Å²) in [5.74, 6) is 1.90. The standard InChI is InChI=1S/C19H17N5O4/c1-26-14-7-5-13(6-8-14)19(28-18(20)25)12-16(24-10-3-9-21-24)22-17(23-19)15-4-2-11-27-15/h2-12H,1H3,(H2,20,25)(H,22,23). The minimum absolute atomic E-state index is 0.357. The quantitative estimate of drug-likeness (QED) is 0.702. The van der Waals surface area contributed by atoms with Crippen LogP contribution in [0.5, 0.6) is 5.75 Å². The van der Waals surface area contributed by atoms with Gasteiger partial charge in [-0.3, -0.25) is 0 Å². The highest BCUT2D eigenvalue weighted by atomic mass is 16.6. The molecule has 0 bridgehead atoms. The van der Waals surface area contributed by atoms with Crippen LogP contribution < -0.4 is 15.8 Å². The number of nitrogens with zero attached hydrogens (tertiary/aromatic N) is 3. The van der Waals surface area contributed by atoms with Crippen LogP contribution in [0.3, 0.4) is 0 Å². The molecule has 0 aliphatic carbocycles. The Balaban J connectivity index is 1.88. The summed E-state index contributed by atoms with van der Waals surface area (Å²) in [6.07, 6.45) is 5.53. The van der Waals surface area contributed by atoms with Crippen molar-refractivity contribution in [3.8, 4) is 5.75 Å². The molecular formula is C19H17N5O4. The fraction of sp³-hybridized carbons (Fsp3) is 0.105. The van der Waals surface area contributed by atoms with E-state index in [9.17, 15) is 4.79 Å². The number of aliphatic imine (C=N–C) groups is 1. The first-order valence-corrected chi connectivity index (χ1v) is 8.36. The number of hydrogen-bond donors (Lipinski definition) is 2. The van der Waals surface area contributed by atoms with Crippen LogP contribution in [0.1, 0.15) is 11.3 Å². The molecule has 1 atom stereocenters. The lowest BCUT2D eigenvalue weighted by Crippen LogP contribution is -2.51. The molecule has 0 spiro atoms. The van der Waals surface area contributed by atoms with Crippen molar-refractivity contribution < 1.29 is 18.7 Å². The smallest absolute Gasteiger partial charge is 0.407 e. The Hall–Kier alpha value is -4.01. The number of carbonyl (C=O) groups is 1. The average Bonchev–Trinajstić information content (AvgIpc) is 3.41. The monoisotopic (exact) mass is 379 g/mol. The number of rotatable bonds is 5. The zero-order valence-electron chi connectivity index (χ0n) is 14.9. The number of methoxy groups -OCH3 is 1. The summed E-state index contributed by atoms with van der Waals surface area (Å²) in [7, 11) is 1.57. The molecule has 28 heavy (non-hydrogen) atoms. The first-order valence-electron chi connectivity index (χ1n) is 8.36. The zero-order valence-corrected chi connectivity index (χ0v) is 14.9. The third-order valence-corrected chi connectivity index (χ3v) is 4.14. The number of primary amides is 1. The number of furan rings is 1. The molecule has 9 heteroatoms. The van der Waals surface area contributed by atoms with Crippen molar-refractivity contribution in [2.24, 2.45) is 10.7 Å². The first-order chi connectivity index (χ1) is 13.6. The van der Waals surface area contributed by atoms with Gasteiger partial charge < -0.3 is 24.9 Å². The number of hydrogen-bond acceptors (Lipinski definition) is 7. The van der Waals surface area contributed by atoms with Gasteiger partial charge in [0.15, 0.2) is 17.4 Å². The molecule has 1 aliphatic heterocycles. The van der Waals surface area contributed by atoms with Gasteiger partial charge in [0.1, 0.15) is 5.75 Å². The number of aromatic nitrogens is 2. The van der Waals surface area contributed by atoms with E-state index in [2.05, 4.69) is 15.4 Å². The number of ether oxygens (including phenoxy) is 2. The van der Waals surface area contributed by atoms with Gasteiger partial charge in [0, 0.05) is 24.0 Å². The van der Waals surface area contributed by atoms with Gasteiger partial charge in [-0.1, -0.05) is 0 Å². The molecule has 1 unspecified atom stereocenters. The molecule has 9 nitrogen and oxygen atoms in total. The fourth-order valence-electron chi connectivity index (χ4n) is 2.89. The zero-order chi connectivity index (χ0) is 19.6. The molecule has 2 aromatic heterocycles. The molecule has 3 heterocycles. The van der Waals surface area contributed by atoms with Crippen molar-refractivity contribution in [3.63, 3.8) is 0 Å². The molecule has 0 fully saturated rings. The first kappa shape index (κ1) is 17.4. The lowest BCUT2D eigenvalue weighted by molar-refractivity contribution is 0.0387. The second kappa shape index (κ2) is 6.95. The van der Waals surface area contributed by atoms with Crippen molar-refractivity contribution in [2.75, 3.05) is 7.11 Å². The van der Waals surface area contributed by atoms with Gasteiger partial charge in [-0.25, -0.2) is 14.5 Å². The van der Waals surface area contributed by atoms with E-state index in [-0.39, 0.29) is 0 Å². The maximum Gasteiger partial charge on any atom is 0.407 e. The topological polar surface area (TPSA) is 117 Å². The van der Waals surface area contributed by atoms with Crippen molar-refractivity contribution in [1.82, 2.24) is 15.1 Å². The van der Waals surface area contributed by atoms with Gasteiger partial charge in [-0.05, 0) is 42.5 Å². The number of amides is 1. The van der Waals surface area contributed by atoms with Crippen LogP contribution in [0.4, 0.5) is 4.79 Å². The Bertz CT molecular complexity index is 1020. The maximum atomic E-state index is 11.8. The summed E-state index contributed by atoms with van der Waals surface area (Å²) in [6, 6.07) is 12.3. The van der Waals surface area contributed by atoms with Crippen LogP contribution in [0.2, 0.25) is 0 Å². The Morgan fingerprint density at radius 1 is 1.25 bits per heavy atom. The molecule has 0 radical (unpaired) electrons. The summed E-state index contributed by atoms with van der Waals surface area (Å²) in [5.41, 5.74) is 4.57. The van der Waals surface area contributed by atoms with E-state index < -0.39 is 11.8 Å². The summed E-state index contributed by atoms with van der Waals surface area (Å²) < 4.78 is 17.8. The predicted octanol–water partition coefficient (Wildman–Crippen LogP) is 2.28. The second-order valence-corrected chi connectivity index (χ2v) is 5.90. The van der Waals surface area contributed by atoms with E-state index in [0.29, 0.717) is 28.7 Å². The van der Waals surface area contributed by atoms with Crippen LogP contribution in [-0.4, -0.2) is 28.8 Å². The lowest BCUT2D eigenvalue weighted by atomic mass is 10.00. The minimum atomic E-state index is -1.43. The maximum absolute atomic E-state index is 11.8. The van der Waals surface area contributed by atoms with Crippen molar-refractivity contribution in [2.45, 2.75) is 5.72 Å². The van der Waals surface area contributed by atoms with E-state index in [1.807, 2.05) is 0 Å². The number of carbonyl (C=O) groups excluding carboxylic acids is 1. The highest BCUT2D eigenvalue weighted by molar-refractivity contribution is 6.00. The van der Waals surface area contributed by atoms with Crippen molar-refractivity contribution in [3.05, 3.63) is 78.5 Å². The molecule has 1 aromatic carbocycles. The Morgan fingerprint density at radius 2 is 2.07 bits per heavy atom. The summed E-state index contributed by atoms with van der Waals surface area (Å²) in [4.78, 5) is 16.3. The molecule has 0 saturated carbocycles. The predicted molar refractivity (Wildman–Crippen MR) is 100 cm³/mol. The number of nitrogens with one attached hydrogen (secondary N) is 1. The molecule has 4 rings (SSSR count). The van der Waals surface area contributed by atoms with E-state index >= 15 is 0 Å². The molecule has 3 N–H and O–H groups in total. The van der Waals surface area contributed by atoms with E-state index in [4.69, 9.17) is 19.6 Å². The summed E-state index contributed by atoms with van der Waals surface area (Å²) >= 11 is 0. The van der Waals surface area contributed by atoms with Gasteiger partial charge in [-0.15, -0.1) is 0 Å². The fourth-order valence-corrected chi connectivity index (χ4v) is 2.89. The lowest BCUT2D eigenvalue weighted by Gasteiger charge is -2.35. The Kier molecular flexibility index (Phi) is 4.32. The van der Waals surface area contributed by atoms with Crippen LogP contribution in [0, 0.1) is 0 Å². The largest absolute Gasteiger partial charge is 0.497 e. The SMILES string of the molecule is COc1ccc(C2(OC(N)=O)C=C(n3cccn3)N=C(c3ccco3)N2)cc1. The second-order valence-electron chi connectivity index (χ2n) is 5.90. The van der Waals surface area contributed by atoms with Gasteiger partial charge in [0.05, 0.1) is 13.4 Å². The molecule has 0 saturated heterocycles. The van der Waals surface area contributed by atoms with E-state index in [1.54, 1.807) is 72.7 Å². The number of amidine groups is 1. The van der Waals surface area contributed by atoms with Gasteiger partial charge in [0.25, 0.3) is 0 Å². The van der Waals surface area contributed by atoms with Crippen molar-refractivity contribution in [1.29, 1.82) is 0 Å². The van der Waals surface area contributed by atoms with E-state index in [0.717, 1.165) is 0 Å². The summed E-state index contributed by atoms with van der Waals surface area (Å²) in [6.45, 7) is 0. The molecule has 1 aliphatic rings. The third kappa shape index (κ3) is 3.20. The Labute approximate surface area is 160 Å². The Morgan fingerprint density at radius 3 is 2.68 bits per heavy atom.